The van der Waals surface area contributed by atoms with Crippen LogP contribution in [0.5, 0.6) is 0 Å². The van der Waals surface area contributed by atoms with E-state index < -0.39 is 0 Å². The zero-order valence-electron chi connectivity index (χ0n) is 16.7. The Morgan fingerprint density at radius 1 is 0.786 bits per heavy atom. The molecule has 28 heavy (non-hydrogen) atoms. The predicted molar refractivity (Wildman–Crippen MR) is 115 cm³/mol. The van der Waals surface area contributed by atoms with Crippen molar-refractivity contribution in [3.8, 4) is 0 Å². The first-order valence-corrected chi connectivity index (χ1v) is 9.69. The van der Waals surface area contributed by atoms with Crippen molar-refractivity contribution in [1.29, 1.82) is 0 Å². The fraction of sp³-hybridized carbons (Fsp3) is 0.318. The van der Waals surface area contributed by atoms with Crippen molar-refractivity contribution >= 4 is 23.3 Å². The number of benzene rings is 1. The van der Waals surface area contributed by atoms with Gasteiger partial charge in [0.2, 0.25) is 5.95 Å². The Balaban J connectivity index is 1.46. The molecule has 3 aromatic rings. The average Bonchev–Trinajstić information content (AvgIpc) is 2.72. The smallest absolute Gasteiger partial charge is 0.229 e. The summed E-state index contributed by atoms with van der Waals surface area (Å²) >= 11 is 0. The number of nitrogens with one attached hydrogen (secondary N) is 1. The highest BCUT2D eigenvalue weighted by Crippen LogP contribution is 2.25. The summed E-state index contributed by atoms with van der Waals surface area (Å²) in [7, 11) is 0. The lowest BCUT2D eigenvalue weighted by molar-refractivity contribution is 0.641. The monoisotopic (exact) mass is 374 g/mol. The Morgan fingerprint density at radius 3 is 2.11 bits per heavy atom. The maximum absolute atomic E-state index is 4.76. The summed E-state index contributed by atoms with van der Waals surface area (Å²) in [6.07, 6.45) is 3.67. The van der Waals surface area contributed by atoms with E-state index >= 15 is 0 Å². The number of hydrogen-bond acceptors (Lipinski definition) is 6. The molecule has 6 nitrogen and oxygen atoms in total. The van der Waals surface area contributed by atoms with E-state index in [0.717, 1.165) is 43.5 Å². The quantitative estimate of drug-likeness (QED) is 0.748. The van der Waals surface area contributed by atoms with Crippen molar-refractivity contribution in [2.45, 2.75) is 20.8 Å². The van der Waals surface area contributed by atoms with Crippen LogP contribution in [0.1, 0.15) is 16.7 Å². The number of hydrogen-bond donors (Lipinski definition) is 1. The van der Waals surface area contributed by atoms with Gasteiger partial charge in [0.1, 0.15) is 11.6 Å². The standard InChI is InChI=1S/C22H26N6/c1-16-14-17(2)21(18(3)15-16)26-22-24-9-7-20(25-22)28-12-10-27(11-13-28)19-6-4-5-8-23-19/h4-9,14-15H,10-13H2,1-3H3,(H,24,25,26). The summed E-state index contributed by atoms with van der Waals surface area (Å²) in [5.74, 6) is 2.64. The molecule has 1 aromatic carbocycles. The van der Waals surface area contributed by atoms with E-state index in [0.29, 0.717) is 5.95 Å². The van der Waals surface area contributed by atoms with Crippen molar-refractivity contribution in [3.05, 3.63) is 65.5 Å². The van der Waals surface area contributed by atoms with Gasteiger partial charge in [-0.2, -0.15) is 4.98 Å². The minimum Gasteiger partial charge on any atom is -0.353 e. The van der Waals surface area contributed by atoms with Crippen LogP contribution < -0.4 is 15.1 Å². The van der Waals surface area contributed by atoms with Gasteiger partial charge in [-0.3, -0.25) is 0 Å². The number of aryl methyl sites for hydroxylation is 3. The minimum atomic E-state index is 0.639. The maximum Gasteiger partial charge on any atom is 0.229 e. The summed E-state index contributed by atoms with van der Waals surface area (Å²) < 4.78 is 0. The molecule has 0 aliphatic carbocycles. The van der Waals surface area contributed by atoms with E-state index in [4.69, 9.17) is 4.98 Å². The van der Waals surface area contributed by atoms with Crippen LogP contribution in [-0.2, 0) is 0 Å². The number of rotatable bonds is 4. The Labute approximate surface area is 166 Å². The molecule has 0 radical (unpaired) electrons. The Kier molecular flexibility index (Phi) is 5.10. The summed E-state index contributed by atoms with van der Waals surface area (Å²) in [6, 6.07) is 12.4. The summed E-state index contributed by atoms with van der Waals surface area (Å²) in [5, 5.41) is 3.41. The molecule has 0 amide bonds. The van der Waals surface area contributed by atoms with Gasteiger partial charge in [-0.05, 0) is 50.1 Å². The molecule has 0 spiro atoms. The molecule has 1 N–H and O–H groups in total. The number of aromatic nitrogens is 3. The predicted octanol–water partition coefficient (Wildman–Crippen LogP) is 3.87. The molecule has 1 aliphatic heterocycles. The first kappa shape index (κ1) is 18.2. The van der Waals surface area contributed by atoms with Crippen molar-refractivity contribution < 1.29 is 0 Å². The van der Waals surface area contributed by atoms with Crippen LogP contribution in [0.15, 0.2) is 48.8 Å². The molecule has 144 valence electrons. The number of nitrogens with zero attached hydrogens (tertiary/aromatic N) is 5. The first-order valence-electron chi connectivity index (χ1n) is 9.69. The van der Waals surface area contributed by atoms with E-state index in [1.807, 2.05) is 30.6 Å². The van der Waals surface area contributed by atoms with Gasteiger partial charge in [-0.15, -0.1) is 0 Å². The Morgan fingerprint density at radius 2 is 1.46 bits per heavy atom. The largest absolute Gasteiger partial charge is 0.353 e. The Hall–Kier alpha value is -3.15. The molecule has 0 bridgehead atoms. The molecule has 2 aromatic heterocycles. The van der Waals surface area contributed by atoms with Crippen molar-refractivity contribution in [2.24, 2.45) is 0 Å². The molecule has 4 rings (SSSR count). The SMILES string of the molecule is Cc1cc(C)c(Nc2nccc(N3CCN(c4ccccn4)CC3)n2)c(C)c1. The summed E-state index contributed by atoms with van der Waals surface area (Å²) in [5.41, 5.74) is 4.76. The van der Waals surface area contributed by atoms with Crippen molar-refractivity contribution in [1.82, 2.24) is 15.0 Å². The van der Waals surface area contributed by atoms with Crippen LogP contribution in [-0.4, -0.2) is 41.1 Å². The third-order valence-corrected chi connectivity index (χ3v) is 5.13. The summed E-state index contributed by atoms with van der Waals surface area (Å²) in [6.45, 7) is 10.0. The third-order valence-electron chi connectivity index (χ3n) is 5.13. The highest BCUT2D eigenvalue weighted by atomic mass is 15.3. The zero-order chi connectivity index (χ0) is 19.5. The second-order valence-electron chi connectivity index (χ2n) is 7.30. The molecule has 3 heterocycles. The van der Waals surface area contributed by atoms with Gasteiger partial charge >= 0.3 is 0 Å². The molecular weight excluding hydrogens is 348 g/mol. The summed E-state index contributed by atoms with van der Waals surface area (Å²) in [4.78, 5) is 18.3. The molecule has 0 saturated carbocycles. The highest BCUT2D eigenvalue weighted by molar-refractivity contribution is 5.64. The second kappa shape index (κ2) is 7.84. The van der Waals surface area contributed by atoms with Gasteiger partial charge in [0.15, 0.2) is 0 Å². The fourth-order valence-corrected chi connectivity index (χ4v) is 3.78. The van der Waals surface area contributed by atoms with Gasteiger partial charge in [-0.25, -0.2) is 9.97 Å². The van der Waals surface area contributed by atoms with E-state index in [-0.39, 0.29) is 0 Å². The van der Waals surface area contributed by atoms with Gasteiger partial charge in [0.05, 0.1) is 0 Å². The van der Waals surface area contributed by atoms with Crippen molar-refractivity contribution in [2.75, 3.05) is 41.3 Å². The molecule has 1 fully saturated rings. The van der Waals surface area contributed by atoms with E-state index in [9.17, 15) is 0 Å². The van der Waals surface area contributed by atoms with Crippen LogP contribution in [0.3, 0.4) is 0 Å². The van der Waals surface area contributed by atoms with E-state index in [2.05, 4.69) is 64.1 Å². The maximum atomic E-state index is 4.76. The van der Waals surface area contributed by atoms with Gasteiger partial charge in [0.25, 0.3) is 0 Å². The van der Waals surface area contributed by atoms with Crippen LogP contribution >= 0.6 is 0 Å². The van der Waals surface area contributed by atoms with E-state index in [1.54, 1.807) is 0 Å². The first-order chi connectivity index (χ1) is 13.6. The van der Waals surface area contributed by atoms with Gasteiger partial charge in [0, 0.05) is 44.3 Å². The van der Waals surface area contributed by atoms with Crippen molar-refractivity contribution in [3.63, 3.8) is 0 Å². The van der Waals surface area contributed by atoms with Crippen LogP contribution in [0.2, 0.25) is 0 Å². The lowest BCUT2D eigenvalue weighted by Gasteiger charge is -2.36. The fourth-order valence-electron chi connectivity index (χ4n) is 3.78. The molecule has 1 saturated heterocycles. The zero-order valence-corrected chi connectivity index (χ0v) is 16.7. The minimum absolute atomic E-state index is 0.639. The lowest BCUT2D eigenvalue weighted by atomic mass is 10.1. The average molecular weight is 374 g/mol. The molecule has 0 atom stereocenters. The van der Waals surface area contributed by atoms with Crippen LogP contribution in [0.25, 0.3) is 0 Å². The number of anilines is 4. The molecule has 6 heteroatoms. The third kappa shape index (κ3) is 3.91. The topological polar surface area (TPSA) is 57.2 Å². The Bertz CT molecular complexity index is 925. The van der Waals surface area contributed by atoms with E-state index in [1.165, 1.54) is 16.7 Å². The van der Waals surface area contributed by atoms with Crippen LogP contribution in [0, 0.1) is 20.8 Å². The number of pyridine rings is 1. The lowest BCUT2D eigenvalue weighted by Crippen LogP contribution is -2.47. The normalized spacial score (nSPS) is 14.2. The van der Waals surface area contributed by atoms with Gasteiger partial charge < -0.3 is 15.1 Å². The van der Waals surface area contributed by atoms with Crippen LogP contribution in [0.4, 0.5) is 23.3 Å². The molecular formula is C22H26N6. The van der Waals surface area contributed by atoms with Gasteiger partial charge in [-0.1, -0.05) is 23.8 Å². The highest BCUT2D eigenvalue weighted by Gasteiger charge is 2.19. The molecule has 1 aliphatic rings. The second-order valence-corrected chi connectivity index (χ2v) is 7.30. The number of piperazine rings is 1. The molecule has 0 unspecified atom stereocenters.